The highest BCUT2D eigenvalue weighted by atomic mass is 16.7. The third-order valence-electron chi connectivity index (χ3n) is 4.60. The molecule has 0 aliphatic rings. The van der Waals surface area contributed by atoms with Crippen LogP contribution in [0.5, 0.6) is 11.5 Å². The molecule has 0 amide bonds. The molecule has 0 radical (unpaired) electrons. The summed E-state index contributed by atoms with van der Waals surface area (Å²) in [5, 5.41) is 0. The lowest BCUT2D eigenvalue weighted by atomic mass is 9.99. The molecule has 0 unspecified atom stereocenters. The topological polar surface area (TPSA) is 159 Å². The molecule has 1 rings (SSSR count). The van der Waals surface area contributed by atoms with Crippen molar-refractivity contribution < 1.29 is 52.3 Å². The van der Waals surface area contributed by atoms with Gasteiger partial charge in [-0.05, 0) is 48.3 Å². The van der Waals surface area contributed by atoms with Crippen molar-refractivity contribution in [1.29, 1.82) is 0 Å². The lowest BCUT2D eigenvalue weighted by Crippen LogP contribution is -2.37. The van der Waals surface area contributed by atoms with Crippen molar-refractivity contribution in [2.45, 2.75) is 74.0 Å². The number of carbonyl (C=O) groups excluding carboxylic acids is 4. The number of ether oxygens (including phenoxy) is 7. The summed E-state index contributed by atoms with van der Waals surface area (Å²) in [7, 11) is 0. The lowest BCUT2D eigenvalue weighted by molar-refractivity contribution is -0.152. The van der Waals surface area contributed by atoms with Crippen LogP contribution in [0, 0.1) is 17.3 Å². The fourth-order valence-electron chi connectivity index (χ4n) is 2.71. The maximum Gasteiger partial charge on any atom is 0.513 e. The van der Waals surface area contributed by atoms with Crippen LogP contribution >= 0.6 is 0 Å². The molecular weight excluding hydrogens is 526 g/mol. The van der Waals surface area contributed by atoms with Crippen LogP contribution in [0.25, 0.3) is 0 Å². The minimum Gasteiger partial charge on any atom is -0.458 e. The van der Waals surface area contributed by atoms with E-state index in [4.69, 9.17) is 38.9 Å². The van der Waals surface area contributed by atoms with Gasteiger partial charge in [0, 0.05) is 0 Å². The van der Waals surface area contributed by atoms with Crippen LogP contribution in [-0.2, 0) is 34.9 Å². The fourth-order valence-corrected chi connectivity index (χ4v) is 2.71. The summed E-state index contributed by atoms with van der Waals surface area (Å²) in [6.45, 7) is 14.9. The van der Waals surface area contributed by atoms with E-state index in [0.29, 0.717) is 5.56 Å². The summed E-state index contributed by atoms with van der Waals surface area (Å²) < 4.78 is 35.7. The number of hydrogen-bond acceptors (Lipinski definition) is 12. The third-order valence-corrected chi connectivity index (χ3v) is 4.60. The summed E-state index contributed by atoms with van der Waals surface area (Å²) in [5.41, 5.74) is 6.29. The molecule has 12 nitrogen and oxygen atoms in total. The molecule has 2 atom stereocenters. The van der Waals surface area contributed by atoms with Crippen molar-refractivity contribution in [2.24, 2.45) is 23.0 Å². The average Bonchev–Trinajstić information content (AvgIpc) is 2.84. The molecule has 0 saturated carbocycles. The van der Waals surface area contributed by atoms with E-state index < -0.39 is 36.6 Å². The Kier molecular flexibility index (Phi) is 14.3. The van der Waals surface area contributed by atoms with E-state index >= 15 is 0 Å². The van der Waals surface area contributed by atoms with E-state index in [0.717, 1.165) is 0 Å². The van der Waals surface area contributed by atoms with Crippen molar-refractivity contribution >= 4 is 24.4 Å². The molecule has 0 aromatic heterocycles. The molecule has 2 N–H and O–H groups in total. The fraction of sp³-hybridized carbons (Fsp3) is 0.643. The normalized spacial score (nSPS) is 12.8. The van der Waals surface area contributed by atoms with Gasteiger partial charge in [0.1, 0.15) is 18.8 Å². The Labute approximate surface area is 235 Å². The van der Waals surface area contributed by atoms with Crippen molar-refractivity contribution in [3.8, 4) is 11.5 Å². The second-order valence-corrected chi connectivity index (χ2v) is 11.4. The van der Waals surface area contributed by atoms with Gasteiger partial charge < -0.3 is 38.9 Å². The highest BCUT2D eigenvalue weighted by molar-refractivity contribution is 5.76. The van der Waals surface area contributed by atoms with Crippen molar-refractivity contribution in [2.75, 3.05) is 26.4 Å². The Morgan fingerprint density at radius 1 is 0.750 bits per heavy atom. The first-order chi connectivity index (χ1) is 18.6. The van der Waals surface area contributed by atoms with E-state index in [-0.39, 0.29) is 61.6 Å². The molecule has 226 valence electrons. The van der Waals surface area contributed by atoms with Crippen molar-refractivity contribution in [3.05, 3.63) is 23.8 Å². The molecule has 1 aromatic rings. The van der Waals surface area contributed by atoms with E-state index in [1.807, 2.05) is 48.5 Å². The molecule has 0 fully saturated rings. The third kappa shape index (κ3) is 15.2. The average molecular weight is 570 g/mol. The van der Waals surface area contributed by atoms with E-state index in [9.17, 15) is 19.2 Å². The second kappa shape index (κ2) is 16.5. The first-order valence-electron chi connectivity index (χ1n) is 13.1. The van der Waals surface area contributed by atoms with Crippen LogP contribution in [0.1, 0.15) is 61.0 Å². The van der Waals surface area contributed by atoms with Crippen LogP contribution < -0.4 is 15.2 Å². The van der Waals surface area contributed by atoms with Gasteiger partial charge in [-0.2, -0.15) is 0 Å². The van der Waals surface area contributed by atoms with Crippen molar-refractivity contribution in [3.63, 3.8) is 0 Å². The zero-order valence-corrected chi connectivity index (χ0v) is 24.6. The van der Waals surface area contributed by atoms with Crippen molar-refractivity contribution in [1.82, 2.24) is 0 Å². The van der Waals surface area contributed by atoms with Gasteiger partial charge >= 0.3 is 24.4 Å². The van der Waals surface area contributed by atoms with E-state index in [1.54, 1.807) is 13.0 Å². The number of rotatable bonds is 13. The quantitative estimate of drug-likeness (QED) is 0.192. The first-order valence-corrected chi connectivity index (χ1v) is 13.1. The number of hydrogen-bond donors (Lipinski definition) is 1. The minimum absolute atomic E-state index is 0.00445. The molecule has 0 aliphatic heterocycles. The largest absolute Gasteiger partial charge is 0.513 e. The van der Waals surface area contributed by atoms with Crippen LogP contribution in [0.3, 0.4) is 0 Å². The predicted octanol–water partition coefficient (Wildman–Crippen LogP) is 5.03. The molecule has 0 bridgehead atoms. The smallest absolute Gasteiger partial charge is 0.458 e. The Morgan fingerprint density at radius 2 is 1.27 bits per heavy atom. The Hall–Kier alpha value is -3.54. The molecule has 1 aromatic carbocycles. The molecule has 40 heavy (non-hydrogen) atoms. The Balaban J connectivity index is 2.82. The van der Waals surface area contributed by atoms with Crippen LogP contribution in [0.2, 0.25) is 0 Å². The first kappa shape index (κ1) is 34.5. The van der Waals surface area contributed by atoms with Gasteiger partial charge in [-0.15, -0.1) is 0 Å². The summed E-state index contributed by atoms with van der Waals surface area (Å²) in [6, 6.07) is 3.22. The van der Waals surface area contributed by atoms with Crippen LogP contribution in [-0.4, -0.2) is 63.0 Å². The summed E-state index contributed by atoms with van der Waals surface area (Å²) in [6.07, 6.45) is -3.61. The van der Waals surface area contributed by atoms with Gasteiger partial charge in [-0.25, -0.2) is 14.4 Å². The molecular formula is C28H43NO11. The van der Waals surface area contributed by atoms with Gasteiger partial charge in [-0.1, -0.05) is 54.5 Å². The van der Waals surface area contributed by atoms with Gasteiger partial charge in [0.2, 0.25) is 0 Å². The Bertz CT molecular complexity index is 985. The highest BCUT2D eigenvalue weighted by Gasteiger charge is 2.23. The molecule has 0 saturated heterocycles. The predicted molar refractivity (Wildman–Crippen MR) is 144 cm³/mol. The molecule has 0 spiro atoms. The molecule has 0 heterocycles. The molecule has 12 heteroatoms. The lowest BCUT2D eigenvalue weighted by Gasteiger charge is -2.19. The van der Waals surface area contributed by atoms with Crippen LogP contribution in [0.4, 0.5) is 14.4 Å². The molecule has 0 aliphatic carbocycles. The number of nitrogens with two attached hydrogens (primary N) is 1. The maximum atomic E-state index is 12.5. The zero-order chi connectivity index (χ0) is 30.5. The minimum atomic E-state index is -1.10. The van der Waals surface area contributed by atoms with Gasteiger partial charge in [0.15, 0.2) is 11.5 Å². The summed E-state index contributed by atoms with van der Waals surface area (Å²) in [5.74, 6) is -0.778. The maximum absolute atomic E-state index is 12.5. The number of esters is 1. The van der Waals surface area contributed by atoms with Crippen LogP contribution in [0.15, 0.2) is 18.2 Å². The number of carbonyl (C=O) groups is 4. The second-order valence-electron chi connectivity index (χ2n) is 11.4. The monoisotopic (exact) mass is 569 g/mol. The number of benzene rings is 1. The van der Waals surface area contributed by atoms with E-state index in [1.165, 1.54) is 12.1 Å². The van der Waals surface area contributed by atoms with Gasteiger partial charge in [-0.3, -0.25) is 4.79 Å². The standard InChI is InChI=1S/C28H43NO11/c1-17(2)13-34-26(32)39-22-10-9-20(12-23(22)40-27(33)35-14-18(3)4)11-21(29)24(30)38-19(5)15-36-25(31)37-16-28(6,7)8/h9-10,12,17-19,21H,11,13-16,29H2,1-8H3/t19-,21-/m0/s1. The van der Waals surface area contributed by atoms with Gasteiger partial charge in [0.05, 0.1) is 19.8 Å². The van der Waals surface area contributed by atoms with E-state index in [2.05, 4.69) is 0 Å². The zero-order valence-electron chi connectivity index (χ0n) is 24.6. The SMILES string of the molecule is CC(C)COC(=O)Oc1ccc(C[C@H](N)C(=O)O[C@@H](C)COC(=O)OCC(C)(C)C)cc1OC(=O)OCC(C)C. The summed E-state index contributed by atoms with van der Waals surface area (Å²) >= 11 is 0. The highest BCUT2D eigenvalue weighted by Crippen LogP contribution is 2.30. The Morgan fingerprint density at radius 3 is 1.80 bits per heavy atom. The van der Waals surface area contributed by atoms with Gasteiger partial charge in [0.25, 0.3) is 0 Å². The summed E-state index contributed by atoms with van der Waals surface area (Å²) in [4.78, 5) is 48.4.